The molecule has 142 valence electrons. The number of carbonyl (C=O) groups excluding carboxylic acids is 1. The van der Waals surface area contributed by atoms with E-state index in [-0.39, 0.29) is 24.2 Å². The minimum Gasteiger partial charge on any atom is -0.487 e. The Kier molecular flexibility index (Phi) is 5.71. The highest BCUT2D eigenvalue weighted by Crippen LogP contribution is 2.44. The van der Waals surface area contributed by atoms with Gasteiger partial charge in [0.2, 0.25) is 0 Å². The van der Waals surface area contributed by atoms with E-state index >= 15 is 0 Å². The molecule has 0 bridgehead atoms. The summed E-state index contributed by atoms with van der Waals surface area (Å²) in [5, 5.41) is 9.24. The number of hydrogen-bond donors (Lipinski definition) is 2. The molecule has 0 radical (unpaired) electrons. The fourth-order valence-corrected chi connectivity index (χ4v) is 3.73. The molecule has 2 atom stereocenters. The number of ketones is 1. The van der Waals surface area contributed by atoms with E-state index in [1.165, 1.54) is 0 Å². The van der Waals surface area contributed by atoms with E-state index in [1.807, 2.05) is 31.2 Å². The third kappa shape index (κ3) is 4.42. The molecule has 3 rings (SSSR count). The Morgan fingerprint density at radius 3 is 2.30 bits per heavy atom. The van der Waals surface area contributed by atoms with E-state index in [0.29, 0.717) is 35.7 Å². The fraction of sp³-hybridized carbons (Fsp3) is 0.333. The number of ether oxygens (including phenoxy) is 1. The predicted octanol–water partition coefficient (Wildman–Crippen LogP) is 4.01. The highest BCUT2D eigenvalue weighted by atomic mass is 35.5. The number of anilines is 1. The summed E-state index contributed by atoms with van der Waals surface area (Å²) in [5.74, 6) is -0.514. The van der Waals surface area contributed by atoms with E-state index in [9.17, 15) is 9.59 Å². The lowest BCUT2D eigenvalue weighted by molar-refractivity contribution is -0.137. The van der Waals surface area contributed by atoms with Crippen LogP contribution in [-0.2, 0) is 22.4 Å². The van der Waals surface area contributed by atoms with E-state index in [4.69, 9.17) is 27.2 Å². The van der Waals surface area contributed by atoms with Crippen LogP contribution >= 0.6 is 11.6 Å². The number of nitrogen functional groups attached to an aromatic ring is 1. The number of nitrogens with two attached hydrogens (primary N) is 1. The van der Waals surface area contributed by atoms with Crippen LogP contribution in [0, 0.1) is 0 Å². The first kappa shape index (κ1) is 19.2. The Morgan fingerprint density at radius 1 is 1.11 bits per heavy atom. The molecule has 2 aromatic carbocycles. The van der Waals surface area contributed by atoms with Crippen molar-refractivity contribution in [1.29, 1.82) is 0 Å². The second kappa shape index (κ2) is 8.01. The molecule has 6 heteroatoms. The molecule has 2 aromatic rings. The van der Waals surface area contributed by atoms with Crippen LogP contribution in [0.5, 0.6) is 5.75 Å². The molecule has 0 aliphatic carbocycles. The molecule has 1 heterocycles. The topological polar surface area (TPSA) is 89.6 Å². The smallest absolute Gasteiger partial charge is 0.303 e. The Hall–Kier alpha value is -2.53. The van der Waals surface area contributed by atoms with Crippen LogP contribution in [-0.4, -0.2) is 23.0 Å². The van der Waals surface area contributed by atoms with Crippen LogP contribution in [0.2, 0.25) is 5.02 Å². The number of benzene rings is 2. The van der Waals surface area contributed by atoms with Gasteiger partial charge in [0.15, 0.2) is 0 Å². The minimum absolute atomic E-state index is 0.0953. The van der Waals surface area contributed by atoms with Gasteiger partial charge >= 0.3 is 5.97 Å². The molecule has 27 heavy (non-hydrogen) atoms. The summed E-state index contributed by atoms with van der Waals surface area (Å²) < 4.78 is 5.79. The SMILES string of the molecule is CC1Oc2c(N)cc(Cl)cc2C1C(=O)CCc1ccc(CCC(=O)O)cc1. The van der Waals surface area contributed by atoms with Gasteiger partial charge in [0, 0.05) is 23.4 Å². The van der Waals surface area contributed by atoms with Gasteiger partial charge in [0.05, 0.1) is 11.6 Å². The largest absolute Gasteiger partial charge is 0.487 e. The van der Waals surface area contributed by atoms with Crippen LogP contribution in [0.25, 0.3) is 0 Å². The number of aryl methyl sites for hydroxylation is 2. The third-order valence-electron chi connectivity index (χ3n) is 4.88. The van der Waals surface area contributed by atoms with Gasteiger partial charge in [-0.1, -0.05) is 35.9 Å². The maximum atomic E-state index is 12.8. The van der Waals surface area contributed by atoms with Gasteiger partial charge in [-0.05, 0) is 43.0 Å². The van der Waals surface area contributed by atoms with Crippen LogP contribution in [0.4, 0.5) is 5.69 Å². The second-order valence-electron chi connectivity index (χ2n) is 6.89. The lowest BCUT2D eigenvalue weighted by atomic mass is 9.88. The number of carbonyl (C=O) groups is 2. The zero-order valence-corrected chi connectivity index (χ0v) is 15.8. The summed E-state index contributed by atoms with van der Waals surface area (Å²) in [7, 11) is 0. The molecular formula is C21H22ClNO4. The maximum Gasteiger partial charge on any atom is 0.303 e. The monoisotopic (exact) mass is 387 g/mol. The van der Waals surface area contributed by atoms with Gasteiger partial charge in [0.25, 0.3) is 0 Å². The Balaban J connectivity index is 1.64. The Morgan fingerprint density at radius 2 is 1.70 bits per heavy atom. The fourth-order valence-electron chi connectivity index (χ4n) is 3.49. The molecule has 3 N–H and O–H groups in total. The van der Waals surface area contributed by atoms with E-state index in [2.05, 4.69) is 0 Å². The van der Waals surface area contributed by atoms with Crippen LogP contribution in [0.1, 0.15) is 42.4 Å². The summed E-state index contributed by atoms with van der Waals surface area (Å²) >= 11 is 6.10. The number of rotatable bonds is 7. The van der Waals surface area contributed by atoms with Crippen LogP contribution in [0.15, 0.2) is 36.4 Å². The number of aliphatic carboxylic acids is 1. The van der Waals surface area contributed by atoms with Crippen molar-refractivity contribution >= 4 is 29.0 Å². The maximum absolute atomic E-state index is 12.8. The number of Topliss-reactive ketones (excluding diaryl/α,β-unsaturated/α-hetero) is 1. The molecule has 0 saturated heterocycles. The van der Waals surface area contributed by atoms with Crippen molar-refractivity contribution in [3.8, 4) is 5.75 Å². The summed E-state index contributed by atoms with van der Waals surface area (Å²) in [6.07, 6.45) is 1.35. The van der Waals surface area contributed by atoms with Crippen molar-refractivity contribution < 1.29 is 19.4 Å². The quantitative estimate of drug-likeness (QED) is 0.700. The van der Waals surface area contributed by atoms with Gasteiger partial charge in [-0.2, -0.15) is 0 Å². The molecule has 1 aliphatic heterocycles. The molecule has 2 unspecified atom stereocenters. The van der Waals surface area contributed by atoms with Crippen LogP contribution < -0.4 is 10.5 Å². The summed E-state index contributed by atoms with van der Waals surface area (Å²) in [6.45, 7) is 1.87. The minimum atomic E-state index is -0.807. The number of carboxylic acid groups (broad SMARTS) is 1. The highest BCUT2D eigenvalue weighted by Gasteiger charge is 2.37. The first-order valence-electron chi connectivity index (χ1n) is 8.93. The average molecular weight is 388 g/mol. The van der Waals surface area contributed by atoms with Gasteiger partial charge in [-0.25, -0.2) is 0 Å². The van der Waals surface area contributed by atoms with Crippen molar-refractivity contribution in [2.75, 3.05) is 5.73 Å². The number of carboxylic acids is 1. The zero-order valence-electron chi connectivity index (χ0n) is 15.1. The normalized spacial score (nSPS) is 18.0. The van der Waals surface area contributed by atoms with Crippen molar-refractivity contribution in [1.82, 2.24) is 0 Å². The van der Waals surface area contributed by atoms with Crippen molar-refractivity contribution in [2.24, 2.45) is 0 Å². The van der Waals surface area contributed by atoms with Crippen molar-refractivity contribution in [3.05, 3.63) is 58.1 Å². The van der Waals surface area contributed by atoms with Crippen molar-refractivity contribution in [3.63, 3.8) is 0 Å². The Bertz CT molecular complexity index is 863. The number of hydrogen-bond acceptors (Lipinski definition) is 4. The molecule has 0 aromatic heterocycles. The summed E-state index contributed by atoms with van der Waals surface area (Å²) in [5.41, 5.74) is 9.20. The first-order chi connectivity index (χ1) is 12.8. The number of fused-ring (bicyclic) bond motifs is 1. The van der Waals surface area contributed by atoms with E-state index in [1.54, 1.807) is 12.1 Å². The van der Waals surface area contributed by atoms with E-state index < -0.39 is 5.97 Å². The van der Waals surface area contributed by atoms with Crippen LogP contribution in [0.3, 0.4) is 0 Å². The third-order valence-corrected chi connectivity index (χ3v) is 5.10. The lowest BCUT2D eigenvalue weighted by Crippen LogP contribution is -2.22. The number of halogens is 1. The van der Waals surface area contributed by atoms with E-state index in [0.717, 1.165) is 16.7 Å². The second-order valence-corrected chi connectivity index (χ2v) is 7.33. The molecule has 5 nitrogen and oxygen atoms in total. The molecule has 0 saturated carbocycles. The van der Waals surface area contributed by atoms with Crippen molar-refractivity contribution in [2.45, 2.75) is 44.6 Å². The summed E-state index contributed by atoms with van der Waals surface area (Å²) in [4.78, 5) is 23.5. The molecular weight excluding hydrogens is 366 g/mol. The zero-order chi connectivity index (χ0) is 19.6. The molecule has 0 spiro atoms. The first-order valence-corrected chi connectivity index (χ1v) is 9.31. The van der Waals surface area contributed by atoms with Gasteiger partial charge < -0.3 is 15.6 Å². The molecule has 1 aliphatic rings. The average Bonchev–Trinajstić information content (AvgIpc) is 2.95. The summed E-state index contributed by atoms with van der Waals surface area (Å²) in [6, 6.07) is 11.1. The lowest BCUT2D eigenvalue weighted by Gasteiger charge is -2.14. The molecule has 0 amide bonds. The predicted molar refractivity (Wildman–Crippen MR) is 104 cm³/mol. The highest BCUT2D eigenvalue weighted by molar-refractivity contribution is 6.31. The van der Waals surface area contributed by atoms with Gasteiger partial charge in [-0.15, -0.1) is 0 Å². The van der Waals surface area contributed by atoms with Gasteiger partial charge in [-0.3, -0.25) is 9.59 Å². The van der Waals surface area contributed by atoms with Gasteiger partial charge in [0.1, 0.15) is 17.6 Å². The Labute approximate surface area is 163 Å². The standard InChI is InChI=1S/C21H22ClNO4/c1-12-20(16-10-15(22)11-17(23)21(16)27-12)18(24)8-6-13-2-4-14(5-3-13)7-9-19(25)26/h2-5,10-12,20H,6-9,23H2,1H3,(H,25,26). The molecule has 0 fully saturated rings.